The van der Waals surface area contributed by atoms with E-state index in [9.17, 15) is 4.79 Å². The number of amides is 1. The van der Waals surface area contributed by atoms with Crippen LogP contribution in [-0.2, 0) is 4.79 Å². The van der Waals surface area contributed by atoms with Gasteiger partial charge in [-0.15, -0.1) is 0 Å². The molecule has 0 aliphatic carbocycles. The maximum atomic E-state index is 12.0. The first-order chi connectivity index (χ1) is 11.0. The molecule has 0 heterocycles. The maximum absolute atomic E-state index is 12.0. The van der Waals surface area contributed by atoms with E-state index >= 15 is 0 Å². The van der Waals surface area contributed by atoms with E-state index in [-0.39, 0.29) is 5.91 Å². The van der Waals surface area contributed by atoms with Gasteiger partial charge in [0.05, 0.1) is 6.04 Å². The van der Waals surface area contributed by atoms with Crippen molar-refractivity contribution in [1.82, 2.24) is 4.90 Å². The number of anilines is 1. The Hall–Kier alpha value is -1.59. The van der Waals surface area contributed by atoms with E-state index in [2.05, 4.69) is 37.9 Å². The van der Waals surface area contributed by atoms with Gasteiger partial charge in [0.25, 0.3) is 0 Å². The van der Waals surface area contributed by atoms with Crippen LogP contribution in [0, 0.1) is 5.92 Å². The highest BCUT2D eigenvalue weighted by atomic mass is 16.5. The molecule has 0 saturated heterocycles. The zero-order valence-electron chi connectivity index (χ0n) is 14.8. The number of nitrogens with one attached hydrogen (secondary N) is 1. The van der Waals surface area contributed by atoms with Gasteiger partial charge in [0.2, 0.25) is 5.91 Å². The van der Waals surface area contributed by atoms with Crippen molar-refractivity contribution in [3.8, 4) is 5.75 Å². The van der Waals surface area contributed by atoms with Crippen LogP contribution in [0.1, 0.15) is 34.1 Å². The highest BCUT2D eigenvalue weighted by Crippen LogP contribution is 2.16. The number of ether oxygens (including phenoxy) is 1. The van der Waals surface area contributed by atoms with Gasteiger partial charge in [0, 0.05) is 12.2 Å². The van der Waals surface area contributed by atoms with E-state index in [1.165, 1.54) is 0 Å². The third-order valence-electron chi connectivity index (χ3n) is 3.75. The van der Waals surface area contributed by atoms with Crippen molar-refractivity contribution in [2.45, 2.75) is 40.2 Å². The summed E-state index contributed by atoms with van der Waals surface area (Å²) in [5.74, 6) is 1.06. The first-order valence-electron chi connectivity index (χ1n) is 8.47. The molecule has 1 amide bonds. The third-order valence-corrected chi connectivity index (χ3v) is 3.75. The van der Waals surface area contributed by atoms with Gasteiger partial charge < -0.3 is 20.7 Å². The molecule has 5 nitrogen and oxygen atoms in total. The lowest BCUT2D eigenvalue weighted by atomic mass is 10.0. The van der Waals surface area contributed by atoms with Crippen LogP contribution in [-0.4, -0.2) is 43.1 Å². The maximum Gasteiger partial charge on any atom is 0.241 e. The molecule has 3 N–H and O–H groups in total. The van der Waals surface area contributed by atoms with Crippen LogP contribution in [0.2, 0.25) is 0 Å². The number of benzene rings is 1. The molecule has 1 atom stereocenters. The molecule has 0 fully saturated rings. The predicted octanol–water partition coefficient (Wildman–Crippen LogP) is 2.72. The Morgan fingerprint density at radius 2 is 1.83 bits per heavy atom. The molecule has 0 unspecified atom stereocenters. The molecule has 1 rings (SSSR count). The highest BCUT2D eigenvalue weighted by molar-refractivity contribution is 5.94. The Labute approximate surface area is 140 Å². The van der Waals surface area contributed by atoms with E-state index in [0.717, 1.165) is 31.1 Å². The lowest BCUT2D eigenvalue weighted by Crippen LogP contribution is -2.36. The van der Waals surface area contributed by atoms with E-state index in [4.69, 9.17) is 10.5 Å². The summed E-state index contributed by atoms with van der Waals surface area (Å²) in [5, 5.41) is 2.84. The van der Waals surface area contributed by atoms with Gasteiger partial charge in [-0.2, -0.15) is 0 Å². The zero-order valence-corrected chi connectivity index (χ0v) is 14.8. The van der Waals surface area contributed by atoms with Crippen molar-refractivity contribution >= 4 is 11.6 Å². The molecule has 1 aromatic rings. The van der Waals surface area contributed by atoms with Crippen LogP contribution >= 0.6 is 0 Å². The summed E-state index contributed by atoms with van der Waals surface area (Å²) in [6.07, 6.45) is 0.679. The van der Waals surface area contributed by atoms with Crippen LogP contribution in [0.3, 0.4) is 0 Å². The van der Waals surface area contributed by atoms with Gasteiger partial charge in [-0.05, 0) is 49.7 Å². The van der Waals surface area contributed by atoms with Gasteiger partial charge in [0.1, 0.15) is 12.4 Å². The molecule has 0 aliphatic heterocycles. The first kappa shape index (κ1) is 19.5. The van der Waals surface area contributed by atoms with E-state index in [0.29, 0.717) is 18.9 Å². The molecule has 0 aliphatic rings. The zero-order chi connectivity index (χ0) is 17.2. The lowest BCUT2D eigenvalue weighted by Gasteiger charge is -2.18. The average molecular weight is 321 g/mol. The number of likely N-dealkylation sites (N-methyl/N-ethyl adjacent to an activating group) is 1. The number of hydrogen-bond acceptors (Lipinski definition) is 4. The number of hydrogen-bond donors (Lipinski definition) is 2. The molecule has 1 aromatic carbocycles. The predicted molar refractivity (Wildman–Crippen MR) is 95.8 cm³/mol. The minimum Gasteiger partial charge on any atom is -0.492 e. The fourth-order valence-electron chi connectivity index (χ4n) is 2.32. The molecule has 0 aromatic heterocycles. The molecule has 0 saturated carbocycles. The van der Waals surface area contributed by atoms with Crippen LogP contribution in [0.15, 0.2) is 24.3 Å². The van der Waals surface area contributed by atoms with Gasteiger partial charge >= 0.3 is 0 Å². The largest absolute Gasteiger partial charge is 0.492 e. The van der Waals surface area contributed by atoms with Crippen molar-refractivity contribution in [2.75, 3.05) is 31.6 Å². The van der Waals surface area contributed by atoms with Gasteiger partial charge in [0.15, 0.2) is 0 Å². The molecule has 5 heteroatoms. The van der Waals surface area contributed by atoms with Gasteiger partial charge in [-0.1, -0.05) is 27.7 Å². The summed E-state index contributed by atoms with van der Waals surface area (Å²) in [6.45, 7) is 12.0. The fourth-order valence-corrected chi connectivity index (χ4v) is 2.32. The molecule has 23 heavy (non-hydrogen) atoms. The van der Waals surface area contributed by atoms with Crippen molar-refractivity contribution in [1.29, 1.82) is 0 Å². The Morgan fingerprint density at radius 3 is 2.35 bits per heavy atom. The SMILES string of the molecule is CCN(CC)CCOc1ccc(NC(=O)[C@@H](N)CC(C)C)cc1. The monoisotopic (exact) mass is 321 g/mol. The Kier molecular flexibility index (Phi) is 8.66. The van der Waals surface area contributed by atoms with Crippen LogP contribution in [0.4, 0.5) is 5.69 Å². The van der Waals surface area contributed by atoms with Crippen molar-refractivity contribution in [2.24, 2.45) is 11.7 Å². The van der Waals surface area contributed by atoms with E-state index in [1.807, 2.05) is 24.3 Å². The summed E-state index contributed by atoms with van der Waals surface area (Å²) in [7, 11) is 0. The standard InChI is InChI=1S/C18H31N3O2/c1-5-21(6-2)11-12-23-16-9-7-15(8-10-16)20-18(22)17(19)13-14(3)4/h7-10,14,17H,5-6,11-13,19H2,1-4H3,(H,20,22)/t17-/m0/s1. The average Bonchev–Trinajstić information content (AvgIpc) is 2.52. The molecular weight excluding hydrogens is 290 g/mol. The van der Waals surface area contributed by atoms with Gasteiger partial charge in [-0.3, -0.25) is 4.79 Å². The second kappa shape index (κ2) is 10.2. The van der Waals surface area contributed by atoms with Crippen LogP contribution < -0.4 is 15.8 Å². The van der Waals surface area contributed by atoms with Gasteiger partial charge in [-0.25, -0.2) is 0 Å². The lowest BCUT2D eigenvalue weighted by molar-refractivity contribution is -0.117. The summed E-state index contributed by atoms with van der Waals surface area (Å²) < 4.78 is 5.72. The Balaban J connectivity index is 2.42. The van der Waals surface area contributed by atoms with Crippen LogP contribution in [0.25, 0.3) is 0 Å². The van der Waals surface area contributed by atoms with Crippen molar-refractivity contribution in [3.63, 3.8) is 0 Å². The molecular formula is C18H31N3O2. The normalized spacial score (nSPS) is 12.5. The molecule has 0 radical (unpaired) electrons. The Bertz CT molecular complexity index is 456. The molecule has 0 bridgehead atoms. The number of nitrogens with zero attached hydrogens (tertiary/aromatic N) is 1. The summed E-state index contributed by atoms with van der Waals surface area (Å²) in [5.41, 5.74) is 6.62. The second-order valence-electron chi connectivity index (χ2n) is 6.13. The first-order valence-corrected chi connectivity index (χ1v) is 8.47. The smallest absolute Gasteiger partial charge is 0.241 e. The number of carbonyl (C=O) groups excluding carboxylic acids is 1. The number of rotatable bonds is 10. The highest BCUT2D eigenvalue weighted by Gasteiger charge is 2.14. The summed E-state index contributed by atoms with van der Waals surface area (Å²) in [4.78, 5) is 14.3. The number of nitrogens with two attached hydrogens (primary N) is 1. The van der Waals surface area contributed by atoms with E-state index in [1.54, 1.807) is 0 Å². The topological polar surface area (TPSA) is 67.6 Å². The summed E-state index contributed by atoms with van der Waals surface area (Å²) in [6, 6.07) is 6.94. The number of carbonyl (C=O) groups is 1. The third kappa shape index (κ3) is 7.48. The summed E-state index contributed by atoms with van der Waals surface area (Å²) >= 11 is 0. The molecule has 130 valence electrons. The minimum atomic E-state index is -0.472. The minimum absolute atomic E-state index is 0.145. The second-order valence-corrected chi connectivity index (χ2v) is 6.13. The Morgan fingerprint density at radius 1 is 1.22 bits per heavy atom. The van der Waals surface area contributed by atoms with Crippen LogP contribution in [0.5, 0.6) is 5.75 Å². The van der Waals surface area contributed by atoms with E-state index < -0.39 is 6.04 Å². The molecule has 0 spiro atoms. The van der Waals surface area contributed by atoms with Crippen molar-refractivity contribution in [3.05, 3.63) is 24.3 Å². The van der Waals surface area contributed by atoms with Crippen molar-refractivity contribution < 1.29 is 9.53 Å². The fraction of sp³-hybridized carbons (Fsp3) is 0.611. The quantitative estimate of drug-likeness (QED) is 0.695.